The molecular formula is C24H35N9O4. The maximum Gasteiger partial charge on any atom is 0.276 e. The molecule has 2 fully saturated rings. The van der Waals surface area contributed by atoms with Gasteiger partial charge in [0.2, 0.25) is 5.96 Å². The van der Waals surface area contributed by atoms with Gasteiger partial charge in [-0.05, 0) is 19.8 Å². The highest BCUT2D eigenvalue weighted by molar-refractivity contribution is 5.95. The minimum Gasteiger partial charge on any atom is -0.504 e. The second-order valence-corrected chi connectivity index (χ2v) is 8.75. The quantitative estimate of drug-likeness (QED) is 0.151. The summed E-state index contributed by atoms with van der Waals surface area (Å²) in [6.07, 6.45) is 4.38. The van der Waals surface area contributed by atoms with Crippen LogP contribution in [0.4, 0.5) is 0 Å². The highest BCUT2D eigenvalue weighted by Gasteiger charge is 2.29. The van der Waals surface area contributed by atoms with Gasteiger partial charge in [0.1, 0.15) is 12.6 Å². The summed E-state index contributed by atoms with van der Waals surface area (Å²) in [7, 11) is 1.70. The Labute approximate surface area is 216 Å². The molecule has 0 saturated carbocycles. The fourth-order valence-corrected chi connectivity index (χ4v) is 4.26. The summed E-state index contributed by atoms with van der Waals surface area (Å²) >= 11 is 0. The molecule has 0 bridgehead atoms. The van der Waals surface area contributed by atoms with Gasteiger partial charge in [0.25, 0.3) is 5.91 Å². The lowest BCUT2D eigenvalue weighted by Gasteiger charge is -2.39. The van der Waals surface area contributed by atoms with Gasteiger partial charge >= 0.3 is 0 Å². The van der Waals surface area contributed by atoms with Crippen LogP contribution in [-0.4, -0.2) is 130 Å². The smallest absolute Gasteiger partial charge is 0.276 e. The number of rotatable bonds is 10. The SMILES string of the molecule is C=NN(C)/C(=N\CN1CCC1)N(CC=O)/C(CC)=C(\C=O)N1CCN(C(=O)c2ncnc(C)c2O)CC1. The van der Waals surface area contributed by atoms with E-state index in [0.29, 0.717) is 62.3 Å². The number of carbonyl (C=O) groups is 3. The van der Waals surface area contributed by atoms with E-state index in [1.54, 1.807) is 23.8 Å². The third-order valence-electron chi connectivity index (χ3n) is 6.54. The fourth-order valence-electron chi connectivity index (χ4n) is 4.26. The molecule has 0 spiro atoms. The predicted molar refractivity (Wildman–Crippen MR) is 138 cm³/mol. The number of aldehydes is 2. The number of nitrogens with zero attached hydrogens (tertiary/aromatic N) is 9. The molecule has 0 radical (unpaired) electrons. The van der Waals surface area contributed by atoms with Gasteiger partial charge in [0, 0.05) is 58.7 Å². The molecule has 3 rings (SSSR count). The summed E-state index contributed by atoms with van der Waals surface area (Å²) in [4.78, 5) is 56.9. The normalized spacial score (nSPS) is 17.0. The van der Waals surface area contributed by atoms with Crippen LogP contribution in [-0.2, 0) is 9.59 Å². The highest BCUT2D eigenvalue weighted by Crippen LogP contribution is 2.23. The Morgan fingerprint density at radius 2 is 1.84 bits per heavy atom. The lowest BCUT2D eigenvalue weighted by molar-refractivity contribution is -0.108. The number of amides is 1. The van der Waals surface area contributed by atoms with Crippen molar-refractivity contribution >= 4 is 31.2 Å². The monoisotopic (exact) mass is 513 g/mol. The molecule has 0 aromatic carbocycles. The van der Waals surface area contributed by atoms with Gasteiger partial charge in [-0.2, -0.15) is 5.10 Å². The van der Waals surface area contributed by atoms with E-state index < -0.39 is 5.91 Å². The number of aliphatic imine (C=N–C) groups is 1. The van der Waals surface area contributed by atoms with Crippen LogP contribution in [0.15, 0.2) is 27.8 Å². The van der Waals surface area contributed by atoms with Crippen LogP contribution >= 0.6 is 0 Å². The van der Waals surface area contributed by atoms with Crippen LogP contribution < -0.4 is 0 Å². The van der Waals surface area contributed by atoms with Crippen molar-refractivity contribution in [3.05, 3.63) is 29.1 Å². The van der Waals surface area contributed by atoms with Crippen molar-refractivity contribution in [2.45, 2.75) is 26.7 Å². The number of aryl methyl sites for hydroxylation is 1. The molecule has 1 aromatic rings. The Kier molecular flexibility index (Phi) is 9.66. The van der Waals surface area contributed by atoms with Crippen molar-refractivity contribution in [2.24, 2.45) is 10.1 Å². The maximum atomic E-state index is 12.9. The molecule has 2 aliphatic heterocycles. The van der Waals surface area contributed by atoms with Gasteiger partial charge in [0.05, 0.1) is 24.6 Å². The number of likely N-dealkylation sites (tertiary alicyclic amines) is 1. The van der Waals surface area contributed by atoms with Gasteiger partial charge in [-0.15, -0.1) is 0 Å². The molecule has 1 amide bonds. The van der Waals surface area contributed by atoms with Crippen LogP contribution in [0.3, 0.4) is 0 Å². The lowest BCUT2D eigenvalue weighted by Crippen LogP contribution is -2.50. The van der Waals surface area contributed by atoms with E-state index >= 15 is 0 Å². The molecule has 13 nitrogen and oxygen atoms in total. The zero-order valence-corrected chi connectivity index (χ0v) is 21.7. The van der Waals surface area contributed by atoms with E-state index in [9.17, 15) is 19.5 Å². The maximum absolute atomic E-state index is 12.9. The summed E-state index contributed by atoms with van der Waals surface area (Å²) < 4.78 is 0. The minimum atomic E-state index is -0.392. The van der Waals surface area contributed by atoms with Crippen molar-refractivity contribution in [1.82, 2.24) is 34.6 Å². The molecule has 0 unspecified atom stereocenters. The van der Waals surface area contributed by atoms with Gasteiger partial charge in [-0.1, -0.05) is 6.92 Å². The first kappa shape index (κ1) is 27.7. The molecule has 37 heavy (non-hydrogen) atoms. The second-order valence-electron chi connectivity index (χ2n) is 8.75. The van der Waals surface area contributed by atoms with Crippen LogP contribution in [0, 0.1) is 6.92 Å². The fraction of sp³-hybridized carbons (Fsp3) is 0.542. The largest absolute Gasteiger partial charge is 0.504 e. The second kappa shape index (κ2) is 12.9. The Bertz CT molecular complexity index is 1060. The first-order valence-electron chi connectivity index (χ1n) is 12.3. The standard InChI is InChI=1S/C24H35N9O4/c1-5-19(33(13-14-34)24(29(4)25-3)28-17-30-7-6-8-30)20(15-35)31-9-11-32(12-10-31)23(37)21-22(36)18(2)26-16-27-21/h14-16,36H,3,5-13,17H2,1-2,4H3/b20-19+,28-24+. The molecular weight excluding hydrogens is 478 g/mol. The third-order valence-corrected chi connectivity index (χ3v) is 6.54. The van der Waals surface area contributed by atoms with E-state index in [1.807, 2.05) is 11.8 Å². The molecule has 200 valence electrons. The number of carbonyl (C=O) groups excluding carboxylic acids is 3. The van der Waals surface area contributed by atoms with Gasteiger partial charge in [-0.25, -0.2) is 20.0 Å². The molecule has 2 saturated heterocycles. The number of guanidine groups is 1. The van der Waals surface area contributed by atoms with Gasteiger partial charge in [-0.3, -0.25) is 14.5 Å². The van der Waals surface area contributed by atoms with Crippen LogP contribution in [0.5, 0.6) is 5.75 Å². The summed E-state index contributed by atoms with van der Waals surface area (Å²) in [5.74, 6) is -0.198. The number of hydrogen-bond acceptors (Lipinski definition) is 10. The van der Waals surface area contributed by atoms with Crippen LogP contribution in [0.25, 0.3) is 0 Å². The lowest BCUT2D eigenvalue weighted by atomic mass is 10.2. The molecule has 13 heteroatoms. The molecule has 0 atom stereocenters. The van der Waals surface area contributed by atoms with Crippen molar-refractivity contribution in [3.8, 4) is 5.75 Å². The molecule has 1 N–H and O–H groups in total. The first-order chi connectivity index (χ1) is 17.9. The van der Waals surface area contributed by atoms with Gasteiger partial charge in [0.15, 0.2) is 17.7 Å². The Hall–Kier alpha value is -3.87. The zero-order chi connectivity index (χ0) is 26.9. The van der Waals surface area contributed by atoms with E-state index in [2.05, 4.69) is 26.7 Å². The summed E-state index contributed by atoms with van der Waals surface area (Å²) in [6.45, 7) is 10.9. The topological polar surface area (TPSA) is 138 Å². The van der Waals surface area contributed by atoms with Crippen LogP contribution in [0.2, 0.25) is 0 Å². The predicted octanol–water partition coefficient (Wildman–Crippen LogP) is 0.136. The first-order valence-corrected chi connectivity index (χ1v) is 12.3. The minimum absolute atomic E-state index is 0.00992. The van der Waals surface area contributed by atoms with Crippen molar-refractivity contribution in [3.63, 3.8) is 0 Å². The summed E-state index contributed by atoms with van der Waals surface area (Å²) in [6, 6.07) is 0. The number of aromatic nitrogens is 2. The molecule has 3 heterocycles. The van der Waals surface area contributed by atoms with Crippen molar-refractivity contribution in [1.29, 1.82) is 0 Å². The number of piperazine rings is 1. The average molecular weight is 514 g/mol. The zero-order valence-electron chi connectivity index (χ0n) is 21.7. The molecule has 0 aliphatic carbocycles. The average Bonchev–Trinajstić information content (AvgIpc) is 2.89. The third kappa shape index (κ3) is 6.28. The van der Waals surface area contributed by atoms with Gasteiger partial charge < -0.3 is 24.6 Å². The van der Waals surface area contributed by atoms with E-state index in [4.69, 9.17) is 4.99 Å². The Balaban J connectivity index is 1.84. The number of hydrazone groups is 1. The van der Waals surface area contributed by atoms with Crippen molar-refractivity contribution in [2.75, 3.05) is 59.5 Å². The Morgan fingerprint density at radius 1 is 1.16 bits per heavy atom. The summed E-state index contributed by atoms with van der Waals surface area (Å²) in [5, 5.41) is 15.7. The van der Waals surface area contributed by atoms with E-state index in [1.165, 1.54) is 11.3 Å². The summed E-state index contributed by atoms with van der Waals surface area (Å²) in [5.41, 5.74) is 1.34. The molecule has 1 aromatic heterocycles. The van der Waals surface area contributed by atoms with E-state index in [0.717, 1.165) is 32.1 Å². The highest BCUT2D eigenvalue weighted by atomic mass is 16.3. The van der Waals surface area contributed by atoms with Crippen molar-refractivity contribution < 1.29 is 19.5 Å². The number of allylic oxidation sites excluding steroid dienone is 2. The van der Waals surface area contributed by atoms with Crippen LogP contribution in [0.1, 0.15) is 35.9 Å². The molecule has 2 aliphatic rings. The Morgan fingerprint density at radius 3 is 2.38 bits per heavy atom. The number of aromatic hydroxyl groups is 1. The number of hydrogen-bond donors (Lipinski definition) is 1. The van der Waals surface area contributed by atoms with E-state index in [-0.39, 0.29) is 18.0 Å².